The Bertz CT molecular complexity index is 502. The molecule has 1 heterocycles. The molecule has 0 bridgehead atoms. The molecule has 128 valence electrons. The molecule has 23 heavy (non-hydrogen) atoms. The van der Waals surface area contributed by atoms with Crippen LogP contribution in [-0.2, 0) is 4.79 Å². The molecule has 0 radical (unpaired) electrons. The van der Waals surface area contributed by atoms with E-state index in [9.17, 15) is 4.79 Å². The van der Waals surface area contributed by atoms with E-state index in [2.05, 4.69) is 58.1 Å². The third kappa shape index (κ3) is 4.49. The van der Waals surface area contributed by atoms with Gasteiger partial charge in [-0.05, 0) is 41.7 Å². The highest BCUT2D eigenvalue weighted by Gasteiger charge is 2.21. The number of benzene rings is 1. The van der Waals surface area contributed by atoms with Crippen LogP contribution in [0.5, 0.6) is 0 Å². The van der Waals surface area contributed by atoms with Gasteiger partial charge >= 0.3 is 0 Å². The summed E-state index contributed by atoms with van der Waals surface area (Å²) in [6.45, 7) is 13.3. The van der Waals surface area contributed by atoms with Gasteiger partial charge in [0.2, 0.25) is 5.91 Å². The number of anilines is 1. The highest BCUT2D eigenvalue weighted by molar-refractivity contribution is 5.81. The number of carbonyl (C=O) groups excluding carboxylic acids is 1. The number of amides is 1. The number of piperidine rings is 1. The maximum absolute atomic E-state index is 12.5. The zero-order valence-electron chi connectivity index (χ0n) is 15.4. The minimum Gasteiger partial charge on any atom is -0.376 e. The van der Waals surface area contributed by atoms with Gasteiger partial charge in [-0.1, -0.05) is 52.8 Å². The first kappa shape index (κ1) is 17.8. The molecule has 1 saturated heterocycles. The maximum Gasteiger partial charge on any atom is 0.241 e. The van der Waals surface area contributed by atoms with Gasteiger partial charge < -0.3 is 10.2 Å². The second-order valence-corrected chi connectivity index (χ2v) is 7.54. The SMILES string of the molecule is CC1CCN(C(=O)CNc2c(C(C)C)cccc2C(C)C)CC1. The predicted octanol–water partition coefficient (Wildman–Crippen LogP) is 4.60. The number of likely N-dealkylation sites (tertiary alicyclic amines) is 1. The van der Waals surface area contributed by atoms with Crippen molar-refractivity contribution in [1.82, 2.24) is 4.90 Å². The van der Waals surface area contributed by atoms with Crippen LogP contribution in [0.15, 0.2) is 18.2 Å². The molecule has 0 aliphatic carbocycles. The summed E-state index contributed by atoms with van der Waals surface area (Å²) >= 11 is 0. The molecule has 0 saturated carbocycles. The van der Waals surface area contributed by atoms with E-state index in [1.54, 1.807) is 0 Å². The topological polar surface area (TPSA) is 32.3 Å². The molecule has 1 fully saturated rings. The van der Waals surface area contributed by atoms with Crippen LogP contribution in [0.1, 0.15) is 70.4 Å². The Hall–Kier alpha value is -1.51. The average Bonchev–Trinajstić information content (AvgIpc) is 2.52. The smallest absolute Gasteiger partial charge is 0.241 e. The molecule has 1 aliphatic rings. The summed E-state index contributed by atoms with van der Waals surface area (Å²) in [5, 5.41) is 3.46. The monoisotopic (exact) mass is 316 g/mol. The minimum absolute atomic E-state index is 0.227. The fourth-order valence-electron chi connectivity index (χ4n) is 3.29. The van der Waals surface area contributed by atoms with Crippen LogP contribution in [0.25, 0.3) is 0 Å². The van der Waals surface area contributed by atoms with Gasteiger partial charge in [0.1, 0.15) is 0 Å². The molecule has 0 spiro atoms. The zero-order valence-corrected chi connectivity index (χ0v) is 15.4. The molecule has 3 nitrogen and oxygen atoms in total. The van der Waals surface area contributed by atoms with E-state index in [1.165, 1.54) is 11.1 Å². The number of para-hydroxylation sites is 1. The predicted molar refractivity (Wildman–Crippen MR) is 98.1 cm³/mol. The summed E-state index contributed by atoms with van der Waals surface area (Å²) in [6, 6.07) is 6.47. The lowest BCUT2D eigenvalue weighted by Crippen LogP contribution is -2.41. The zero-order chi connectivity index (χ0) is 17.0. The van der Waals surface area contributed by atoms with E-state index in [0.29, 0.717) is 18.4 Å². The second kappa shape index (κ2) is 7.85. The molecule has 1 aliphatic heterocycles. The van der Waals surface area contributed by atoms with Crippen molar-refractivity contribution in [2.75, 3.05) is 25.0 Å². The van der Waals surface area contributed by atoms with Crippen molar-refractivity contribution in [1.29, 1.82) is 0 Å². The van der Waals surface area contributed by atoms with Crippen molar-refractivity contribution in [2.24, 2.45) is 5.92 Å². The van der Waals surface area contributed by atoms with E-state index in [4.69, 9.17) is 0 Å². The van der Waals surface area contributed by atoms with Crippen LogP contribution in [0.2, 0.25) is 0 Å². The third-order valence-corrected chi connectivity index (χ3v) is 4.93. The summed E-state index contributed by atoms with van der Waals surface area (Å²) < 4.78 is 0. The van der Waals surface area contributed by atoms with E-state index in [0.717, 1.165) is 37.5 Å². The van der Waals surface area contributed by atoms with Gasteiger partial charge in [0.25, 0.3) is 0 Å². The van der Waals surface area contributed by atoms with Crippen LogP contribution in [0.4, 0.5) is 5.69 Å². The van der Waals surface area contributed by atoms with E-state index < -0.39 is 0 Å². The lowest BCUT2D eigenvalue weighted by Gasteiger charge is -2.31. The average molecular weight is 316 g/mol. The summed E-state index contributed by atoms with van der Waals surface area (Å²) in [5.74, 6) is 1.87. The van der Waals surface area contributed by atoms with Crippen molar-refractivity contribution in [2.45, 2.75) is 59.3 Å². The first-order chi connectivity index (χ1) is 10.9. The molecule has 1 N–H and O–H groups in total. The molecule has 0 unspecified atom stereocenters. The molecule has 3 heteroatoms. The number of rotatable bonds is 5. The van der Waals surface area contributed by atoms with Crippen molar-refractivity contribution in [3.8, 4) is 0 Å². The lowest BCUT2D eigenvalue weighted by molar-refractivity contribution is -0.130. The number of nitrogens with zero attached hydrogens (tertiary/aromatic N) is 1. The first-order valence-electron chi connectivity index (χ1n) is 9.04. The normalized spacial score (nSPS) is 16.2. The second-order valence-electron chi connectivity index (χ2n) is 7.54. The quantitative estimate of drug-likeness (QED) is 0.860. The molecule has 1 aromatic carbocycles. The van der Waals surface area contributed by atoms with Crippen LogP contribution >= 0.6 is 0 Å². The van der Waals surface area contributed by atoms with Crippen LogP contribution < -0.4 is 5.32 Å². The Kier molecular flexibility index (Phi) is 6.09. The van der Waals surface area contributed by atoms with Crippen molar-refractivity contribution >= 4 is 11.6 Å². The first-order valence-corrected chi connectivity index (χ1v) is 9.04. The minimum atomic E-state index is 0.227. The molecule has 1 aromatic rings. The van der Waals surface area contributed by atoms with Gasteiger partial charge in [0, 0.05) is 18.8 Å². The molecular formula is C20H32N2O. The van der Waals surface area contributed by atoms with E-state index in [1.807, 2.05) is 4.90 Å². The Labute approximate surface area is 141 Å². The van der Waals surface area contributed by atoms with Gasteiger partial charge in [-0.15, -0.1) is 0 Å². The van der Waals surface area contributed by atoms with Crippen molar-refractivity contribution in [3.05, 3.63) is 29.3 Å². The molecular weight excluding hydrogens is 284 g/mol. The molecule has 1 amide bonds. The fourth-order valence-corrected chi connectivity index (χ4v) is 3.29. The van der Waals surface area contributed by atoms with Gasteiger partial charge in [-0.2, -0.15) is 0 Å². The Balaban J connectivity index is 2.08. The lowest BCUT2D eigenvalue weighted by atomic mass is 9.92. The highest BCUT2D eigenvalue weighted by Crippen LogP contribution is 2.32. The van der Waals surface area contributed by atoms with Gasteiger partial charge in [-0.25, -0.2) is 0 Å². The number of carbonyl (C=O) groups is 1. The van der Waals surface area contributed by atoms with Gasteiger partial charge in [0.05, 0.1) is 6.54 Å². The van der Waals surface area contributed by atoms with Crippen LogP contribution in [0, 0.1) is 5.92 Å². The summed E-state index contributed by atoms with van der Waals surface area (Å²) in [6.07, 6.45) is 2.26. The van der Waals surface area contributed by atoms with Crippen LogP contribution in [0.3, 0.4) is 0 Å². The standard InChI is InChI=1S/C20H32N2O/c1-14(2)17-7-6-8-18(15(3)4)20(17)21-13-19(23)22-11-9-16(5)10-12-22/h6-8,14-16,21H,9-13H2,1-5H3. The van der Waals surface area contributed by atoms with E-state index in [-0.39, 0.29) is 5.91 Å². The summed E-state index contributed by atoms with van der Waals surface area (Å²) in [7, 11) is 0. The fraction of sp³-hybridized carbons (Fsp3) is 0.650. The third-order valence-electron chi connectivity index (χ3n) is 4.93. The number of nitrogens with one attached hydrogen (secondary N) is 1. The van der Waals surface area contributed by atoms with Gasteiger partial charge in [0.15, 0.2) is 0 Å². The molecule has 0 aromatic heterocycles. The van der Waals surface area contributed by atoms with Crippen molar-refractivity contribution < 1.29 is 4.79 Å². The number of hydrogen-bond donors (Lipinski definition) is 1. The summed E-state index contributed by atoms with van der Waals surface area (Å²) in [5.41, 5.74) is 3.77. The molecule has 0 atom stereocenters. The van der Waals surface area contributed by atoms with E-state index >= 15 is 0 Å². The molecule has 2 rings (SSSR count). The Morgan fingerprint density at radius 2 is 1.65 bits per heavy atom. The summed E-state index contributed by atoms with van der Waals surface area (Å²) in [4.78, 5) is 14.5. The Morgan fingerprint density at radius 3 is 2.13 bits per heavy atom. The van der Waals surface area contributed by atoms with Crippen molar-refractivity contribution in [3.63, 3.8) is 0 Å². The van der Waals surface area contributed by atoms with Crippen LogP contribution in [-0.4, -0.2) is 30.4 Å². The van der Waals surface area contributed by atoms with Gasteiger partial charge in [-0.3, -0.25) is 4.79 Å². The number of hydrogen-bond acceptors (Lipinski definition) is 2. The highest BCUT2D eigenvalue weighted by atomic mass is 16.2. The largest absolute Gasteiger partial charge is 0.376 e. The Morgan fingerprint density at radius 1 is 1.13 bits per heavy atom. The maximum atomic E-state index is 12.5.